The third-order valence-corrected chi connectivity index (χ3v) is 8.45. The Morgan fingerprint density at radius 2 is 1.59 bits per heavy atom. The van der Waals surface area contributed by atoms with Crippen LogP contribution in [-0.2, 0) is 21.1 Å². The Labute approximate surface area is 165 Å². The highest BCUT2D eigenvalue weighted by molar-refractivity contribution is 7.92. The molecule has 0 spiro atoms. The number of ketones is 1. The van der Waals surface area contributed by atoms with Gasteiger partial charge in [-0.05, 0) is 63.5 Å². The van der Waals surface area contributed by atoms with Crippen LogP contribution in [0.15, 0.2) is 24.3 Å². The minimum absolute atomic E-state index is 0.216. The lowest BCUT2D eigenvalue weighted by molar-refractivity contribution is -0.118. The van der Waals surface area contributed by atoms with Crippen LogP contribution in [0.5, 0.6) is 0 Å². The fourth-order valence-electron chi connectivity index (χ4n) is 3.76. The molecule has 0 aliphatic heterocycles. The summed E-state index contributed by atoms with van der Waals surface area (Å²) in [7, 11) is -3.05. The molecule has 1 aromatic carbocycles. The zero-order valence-corrected chi connectivity index (χ0v) is 18.1. The summed E-state index contributed by atoms with van der Waals surface area (Å²) in [6, 6.07) is 8.63. The van der Waals surface area contributed by atoms with Gasteiger partial charge in [-0.2, -0.15) is 0 Å². The molecule has 1 aliphatic rings. The van der Waals surface area contributed by atoms with Crippen LogP contribution in [0, 0.1) is 0 Å². The Hall–Kier alpha value is -1.16. The first kappa shape index (κ1) is 22.1. The van der Waals surface area contributed by atoms with E-state index in [1.165, 1.54) is 37.7 Å². The molecular formula is C23H36O3S. The molecule has 1 fully saturated rings. The number of benzene rings is 1. The monoisotopic (exact) mass is 392 g/mol. The first-order valence-electron chi connectivity index (χ1n) is 10.5. The van der Waals surface area contributed by atoms with Gasteiger partial charge in [-0.1, -0.05) is 49.9 Å². The predicted octanol–water partition coefficient (Wildman–Crippen LogP) is 5.62. The second-order valence-electron chi connectivity index (χ2n) is 9.03. The largest absolute Gasteiger partial charge is 0.299 e. The lowest BCUT2D eigenvalue weighted by Gasteiger charge is -2.22. The van der Waals surface area contributed by atoms with Crippen molar-refractivity contribution in [3.63, 3.8) is 0 Å². The summed E-state index contributed by atoms with van der Waals surface area (Å²) in [5.74, 6) is 1.17. The molecule has 1 aromatic rings. The van der Waals surface area contributed by atoms with Crippen LogP contribution < -0.4 is 0 Å². The Morgan fingerprint density at radius 1 is 0.963 bits per heavy atom. The number of unbranched alkanes of at least 4 members (excludes halogenated alkanes) is 2. The number of Topliss-reactive ketones (excluding diaryl/α,β-unsaturated/α-hetero) is 1. The van der Waals surface area contributed by atoms with Crippen molar-refractivity contribution in [2.75, 3.05) is 5.75 Å². The van der Waals surface area contributed by atoms with E-state index in [4.69, 9.17) is 0 Å². The van der Waals surface area contributed by atoms with Crippen LogP contribution in [0.2, 0.25) is 0 Å². The van der Waals surface area contributed by atoms with E-state index in [-0.39, 0.29) is 11.5 Å². The Bertz CT molecular complexity index is 690. The molecule has 1 saturated carbocycles. The molecule has 0 saturated heterocycles. The molecule has 3 nitrogen and oxygen atoms in total. The number of carbonyl (C=O) groups is 1. The first-order chi connectivity index (χ1) is 12.7. The molecule has 0 bridgehead atoms. The molecular weight excluding hydrogens is 356 g/mol. The third-order valence-electron chi connectivity index (χ3n) is 5.76. The zero-order chi connectivity index (χ0) is 19.9. The minimum atomic E-state index is -3.05. The second-order valence-corrected chi connectivity index (χ2v) is 11.9. The fourth-order valence-corrected chi connectivity index (χ4v) is 4.95. The molecule has 0 aromatic heterocycles. The van der Waals surface area contributed by atoms with E-state index in [1.54, 1.807) is 20.8 Å². The van der Waals surface area contributed by atoms with Crippen LogP contribution in [-0.4, -0.2) is 24.7 Å². The second kappa shape index (κ2) is 9.86. The number of carbonyl (C=O) groups excluding carboxylic acids is 1. The normalized spacial score (nSPS) is 16.4. The van der Waals surface area contributed by atoms with Gasteiger partial charge in [0.15, 0.2) is 9.84 Å². The SMILES string of the molecule is CC(C)(C)S(=O)(=O)CCCCCC(=O)Cc1ccc(C2CCCCC2)cc1. The van der Waals surface area contributed by atoms with Gasteiger partial charge in [-0.15, -0.1) is 0 Å². The molecule has 0 atom stereocenters. The van der Waals surface area contributed by atoms with Crippen LogP contribution in [0.4, 0.5) is 0 Å². The predicted molar refractivity (Wildman–Crippen MR) is 113 cm³/mol. The lowest BCUT2D eigenvalue weighted by atomic mass is 9.84. The topological polar surface area (TPSA) is 51.2 Å². The molecule has 2 rings (SSSR count). The van der Waals surface area contributed by atoms with Gasteiger partial charge < -0.3 is 0 Å². The van der Waals surface area contributed by atoms with Crippen molar-refractivity contribution >= 4 is 15.6 Å². The maximum atomic E-state index is 12.2. The van der Waals surface area contributed by atoms with Gasteiger partial charge in [0.2, 0.25) is 0 Å². The fraction of sp³-hybridized carbons (Fsp3) is 0.696. The first-order valence-corrected chi connectivity index (χ1v) is 12.2. The summed E-state index contributed by atoms with van der Waals surface area (Å²) in [5, 5.41) is 0. The highest BCUT2D eigenvalue weighted by Gasteiger charge is 2.27. The molecule has 27 heavy (non-hydrogen) atoms. The van der Waals surface area contributed by atoms with Crippen molar-refractivity contribution in [1.82, 2.24) is 0 Å². The summed E-state index contributed by atoms with van der Waals surface area (Å²) < 4.78 is 23.4. The van der Waals surface area contributed by atoms with E-state index in [2.05, 4.69) is 24.3 Å². The Balaban J connectivity index is 1.68. The van der Waals surface area contributed by atoms with Crippen LogP contribution in [0.3, 0.4) is 0 Å². The standard InChI is InChI=1S/C23H36O3S/c1-23(2,3)27(25,26)17-9-5-8-12-22(24)18-19-13-15-21(16-14-19)20-10-6-4-7-11-20/h13-16,20H,4-12,17-18H2,1-3H3. The van der Waals surface area contributed by atoms with E-state index in [0.29, 0.717) is 25.2 Å². The van der Waals surface area contributed by atoms with Gasteiger partial charge in [0.25, 0.3) is 0 Å². The van der Waals surface area contributed by atoms with Crippen molar-refractivity contribution in [2.45, 2.75) is 95.6 Å². The summed E-state index contributed by atoms with van der Waals surface area (Å²) >= 11 is 0. The number of hydrogen-bond acceptors (Lipinski definition) is 3. The minimum Gasteiger partial charge on any atom is -0.299 e. The summed E-state index contributed by atoms with van der Waals surface area (Å²) in [6.07, 6.45) is 9.87. The highest BCUT2D eigenvalue weighted by Crippen LogP contribution is 2.32. The van der Waals surface area contributed by atoms with Gasteiger partial charge in [-0.3, -0.25) is 4.79 Å². The average Bonchev–Trinajstić information content (AvgIpc) is 2.62. The van der Waals surface area contributed by atoms with Crippen molar-refractivity contribution in [2.24, 2.45) is 0 Å². The Morgan fingerprint density at radius 3 is 2.19 bits per heavy atom. The molecule has 0 radical (unpaired) electrons. The maximum absolute atomic E-state index is 12.2. The Kier molecular flexibility index (Phi) is 8.08. The summed E-state index contributed by atoms with van der Waals surface area (Å²) in [6.45, 7) is 5.22. The highest BCUT2D eigenvalue weighted by atomic mass is 32.2. The van der Waals surface area contributed by atoms with Crippen molar-refractivity contribution < 1.29 is 13.2 Å². The van der Waals surface area contributed by atoms with Crippen LogP contribution in [0.1, 0.15) is 95.6 Å². The van der Waals surface area contributed by atoms with Crippen LogP contribution in [0.25, 0.3) is 0 Å². The van der Waals surface area contributed by atoms with Gasteiger partial charge in [-0.25, -0.2) is 8.42 Å². The zero-order valence-electron chi connectivity index (χ0n) is 17.3. The number of sulfone groups is 1. The molecule has 152 valence electrons. The average molecular weight is 393 g/mol. The van der Waals surface area contributed by atoms with Gasteiger partial charge >= 0.3 is 0 Å². The van der Waals surface area contributed by atoms with E-state index in [9.17, 15) is 13.2 Å². The van der Waals surface area contributed by atoms with E-state index < -0.39 is 14.6 Å². The van der Waals surface area contributed by atoms with E-state index in [1.807, 2.05) is 0 Å². The van der Waals surface area contributed by atoms with Gasteiger partial charge in [0.1, 0.15) is 5.78 Å². The van der Waals surface area contributed by atoms with Crippen molar-refractivity contribution in [3.8, 4) is 0 Å². The smallest absolute Gasteiger partial charge is 0.155 e. The van der Waals surface area contributed by atoms with Crippen molar-refractivity contribution in [1.29, 1.82) is 0 Å². The molecule has 1 aliphatic carbocycles. The third kappa shape index (κ3) is 7.06. The quantitative estimate of drug-likeness (QED) is 0.513. The van der Waals surface area contributed by atoms with Gasteiger partial charge in [0, 0.05) is 12.8 Å². The molecule has 0 N–H and O–H groups in total. The molecule has 4 heteroatoms. The van der Waals surface area contributed by atoms with Crippen molar-refractivity contribution in [3.05, 3.63) is 35.4 Å². The molecule has 0 unspecified atom stereocenters. The van der Waals surface area contributed by atoms with Gasteiger partial charge in [0.05, 0.1) is 10.5 Å². The maximum Gasteiger partial charge on any atom is 0.155 e. The lowest BCUT2D eigenvalue weighted by Crippen LogP contribution is -2.30. The van der Waals surface area contributed by atoms with E-state index >= 15 is 0 Å². The summed E-state index contributed by atoms with van der Waals surface area (Å²) in [4.78, 5) is 12.2. The molecule has 0 heterocycles. The molecule has 0 amide bonds. The summed E-state index contributed by atoms with van der Waals surface area (Å²) in [5.41, 5.74) is 2.51. The van der Waals surface area contributed by atoms with E-state index in [0.717, 1.165) is 18.4 Å². The number of rotatable bonds is 9. The van der Waals surface area contributed by atoms with Crippen LogP contribution >= 0.6 is 0 Å². The number of hydrogen-bond donors (Lipinski definition) is 0.